The molecular weight excluding hydrogens is 342 g/mol. The van der Waals surface area contributed by atoms with Gasteiger partial charge >= 0.3 is 11.1 Å². The van der Waals surface area contributed by atoms with E-state index < -0.39 is 11.1 Å². The second kappa shape index (κ2) is 6.87. The summed E-state index contributed by atoms with van der Waals surface area (Å²) in [6, 6.07) is 15.2. The summed E-state index contributed by atoms with van der Waals surface area (Å²) >= 11 is 0. The van der Waals surface area contributed by atoms with Crippen molar-refractivity contribution >= 4 is 16.9 Å². The average molecular weight is 363 g/mol. The van der Waals surface area contributed by atoms with Gasteiger partial charge in [0.05, 0.1) is 17.1 Å². The minimum absolute atomic E-state index is 0.0593. The molecule has 2 aromatic carbocycles. The van der Waals surface area contributed by atoms with Crippen LogP contribution in [-0.4, -0.2) is 15.0 Å². The second-order valence-electron chi connectivity index (χ2n) is 6.96. The third-order valence-corrected chi connectivity index (χ3v) is 5.27. The Kier molecular flexibility index (Phi) is 4.39. The maximum atomic E-state index is 12.7. The van der Waals surface area contributed by atoms with Gasteiger partial charge in [-0.25, -0.2) is 0 Å². The Bertz CT molecular complexity index is 1140. The van der Waals surface area contributed by atoms with Gasteiger partial charge in [-0.3, -0.25) is 19.0 Å². The number of nitrogens with one attached hydrogen (secondary N) is 1. The summed E-state index contributed by atoms with van der Waals surface area (Å²) in [5.74, 6) is -0.266. The van der Waals surface area contributed by atoms with Gasteiger partial charge in [-0.05, 0) is 42.5 Å². The van der Waals surface area contributed by atoms with E-state index in [1.165, 1.54) is 14.7 Å². The van der Waals surface area contributed by atoms with Crippen LogP contribution in [0.15, 0.2) is 58.1 Å². The number of benzene rings is 2. The minimum Gasteiger partial charge on any atom is -0.348 e. The number of aromatic nitrogens is 2. The van der Waals surface area contributed by atoms with E-state index in [1.54, 1.807) is 31.3 Å². The fourth-order valence-electron chi connectivity index (χ4n) is 3.90. The van der Waals surface area contributed by atoms with Gasteiger partial charge in [0.25, 0.3) is 0 Å². The van der Waals surface area contributed by atoms with Crippen molar-refractivity contribution in [2.75, 3.05) is 0 Å². The summed E-state index contributed by atoms with van der Waals surface area (Å²) in [6.45, 7) is -0.173. The molecule has 1 atom stereocenters. The number of carbonyl (C=O) groups excluding carboxylic acids is 1. The van der Waals surface area contributed by atoms with E-state index >= 15 is 0 Å². The monoisotopic (exact) mass is 363 g/mol. The number of fused-ring (bicyclic) bond motifs is 2. The highest BCUT2D eigenvalue weighted by atomic mass is 16.2. The van der Waals surface area contributed by atoms with Crippen LogP contribution >= 0.6 is 0 Å². The number of aryl methyl sites for hydroxylation is 2. The third kappa shape index (κ3) is 3.07. The number of amides is 1. The van der Waals surface area contributed by atoms with Gasteiger partial charge in [-0.15, -0.1) is 0 Å². The summed E-state index contributed by atoms with van der Waals surface area (Å²) < 4.78 is 2.59. The predicted octanol–water partition coefficient (Wildman–Crippen LogP) is 1.89. The number of carbonyl (C=O) groups is 1. The van der Waals surface area contributed by atoms with E-state index in [-0.39, 0.29) is 18.5 Å². The largest absolute Gasteiger partial charge is 0.348 e. The maximum absolute atomic E-state index is 12.7. The van der Waals surface area contributed by atoms with Crippen molar-refractivity contribution in [1.82, 2.24) is 14.5 Å². The number of nitrogens with zero attached hydrogens (tertiary/aromatic N) is 2. The van der Waals surface area contributed by atoms with Gasteiger partial charge < -0.3 is 9.88 Å². The number of hydrogen-bond acceptors (Lipinski definition) is 3. The standard InChI is InChI=1S/C21H21N3O3/c1-23-17-11-4-5-12-18(17)24(21(27)20(23)26)13-19(25)22-16-10-6-8-14-7-2-3-9-15(14)16/h2-5,7,9,11-12,16H,6,8,10,13H2,1H3,(H,22,25)/t16-/m1/s1. The Labute approximate surface area is 156 Å². The molecule has 0 fully saturated rings. The van der Waals surface area contributed by atoms with Crippen LogP contribution in [0.4, 0.5) is 0 Å². The van der Waals surface area contributed by atoms with Crippen LogP contribution < -0.4 is 16.4 Å². The molecule has 1 aliphatic carbocycles. The zero-order chi connectivity index (χ0) is 19.0. The molecule has 1 N–H and O–H groups in total. The fourth-order valence-corrected chi connectivity index (χ4v) is 3.90. The van der Waals surface area contributed by atoms with Crippen LogP contribution in [0.2, 0.25) is 0 Å². The zero-order valence-corrected chi connectivity index (χ0v) is 15.1. The predicted molar refractivity (Wildman–Crippen MR) is 104 cm³/mol. The molecule has 0 unspecified atom stereocenters. The topological polar surface area (TPSA) is 73.1 Å². The van der Waals surface area contributed by atoms with E-state index in [4.69, 9.17) is 0 Å². The average Bonchev–Trinajstić information content (AvgIpc) is 2.70. The maximum Gasteiger partial charge on any atom is 0.317 e. The molecule has 1 heterocycles. The van der Waals surface area contributed by atoms with E-state index in [9.17, 15) is 14.4 Å². The first-order valence-corrected chi connectivity index (χ1v) is 9.12. The van der Waals surface area contributed by atoms with Gasteiger partial charge in [-0.2, -0.15) is 0 Å². The Morgan fingerprint density at radius 2 is 1.74 bits per heavy atom. The summed E-state index contributed by atoms with van der Waals surface area (Å²) in [7, 11) is 1.56. The lowest BCUT2D eigenvalue weighted by Gasteiger charge is -2.26. The molecule has 1 aromatic heterocycles. The third-order valence-electron chi connectivity index (χ3n) is 5.27. The summed E-state index contributed by atoms with van der Waals surface area (Å²) in [6.07, 6.45) is 2.90. The van der Waals surface area contributed by atoms with Crippen LogP contribution in [0.25, 0.3) is 11.0 Å². The molecule has 0 aliphatic heterocycles. The molecule has 0 saturated carbocycles. The molecule has 1 aliphatic rings. The SMILES string of the molecule is Cn1c(=O)c(=O)n(CC(=O)N[C@@H]2CCCc3ccccc32)c2ccccc21. The van der Waals surface area contributed by atoms with Gasteiger partial charge in [0.15, 0.2) is 0 Å². The molecular formula is C21H21N3O3. The zero-order valence-electron chi connectivity index (χ0n) is 15.1. The number of rotatable bonds is 3. The van der Waals surface area contributed by atoms with E-state index in [0.29, 0.717) is 11.0 Å². The van der Waals surface area contributed by atoms with Crippen LogP contribution in [-0.2, 0) is 24.8 Å². The molecule has 6 heteroatoms. The minimum atomic E-state index is -0.685. The van der Waals surface area contributed by atoms with Crippen molar-refractivity contribution in [2.24, 2.45) is 7.05 Å². The Balaban J connectivity index is 1.65. The molecule has 0 radical (unpaired) electrons. The van der Waals surface area contributed by atoms with Crippen molar-refractivity contribution < 1.29 is 4.79 Å². The van der Waals surface area contributed by atoms with E-state index in [2.05, 4.69) is 11.4 Å². The Morgan fingerprint density at radius 1 is 1.04 bits per heavy atom. The highest BCUT2D eigenvalue weighted by molar-refractivity contribution is 5.80. The molecule has 4 rings (SSSR count). The van der Waals surface area contributed by atoms with Crippen LogP contribution in [0.1, 0.15) is 30.0 Å². The highest BCUT2D eigenvalue weighted by Crippen LogP contribution is 2.29. The Hall–Kier alpha value is -3.15. The van der Waals surface area contributed by atoms with Crippen LogP contribution in [0, 0.1) is 0 Å². The van der Waals surface area contributed by atoms with Crippen molar-refractivity contribution in [3.63, 3.8) is 0 Å². The lowest BCUT2D eigenvalue weighted by molar-refractivity contribution is -0.122. The number of para-hydroxylation sites is 2. The summed E-state index contributed by atoms with van der Waals surface area (Å²) in [5.41, 5.74) is 2.27. The van der Waals surface area contributed by atoms with Gasteiger partial charge in [0, 0.05) is 7.05 Å². The molecule has 27 heavy (non-hydrogen) atoms. The molecule has 3 aromatic rings. The van der Waals surface area contributed by atoms with Gasteiger partial charge in [0.2, 0.25) is 5.91 Å². The normalized spacial score (nSPS) is 16.1. The first kappa shape index (κ1) is 17.3. The first-order chi connectivity index (χ1) is 13.1. The van der Waals surface area contributed by atoms with Crippen molar-refractivity contribution in [2.45, 2.75) is 31.8 Å². The fraction of sp³-hybridized carbons (Fsp3) is 0.286. The molecule has 0 spiro atoms. The molecule has 138 valence electrons. The molecule has 1 amide bonds. The highest BCUT2D eigenvalue weighted by Gasteiger charge is 2.22. The van der Waals surface area contributed by atoms with E-state index in [1.807, 2.05) is 18.2 Å². The second-order valence-corrected chi connectivity index (χ2v) is 6.96. The van der Waals surface area contributed by atoms with Crippen molar-refractivity contribution in [1.29, 1.82) is 0 Å². The van der Waals surface area contributed by atoms with Crippen LogP contribution in [0.3, 0.4) is 0 Å². The number of hydrogen-bond donors (Lipinski definition) is 1. The molecule has 6 nitrogen and oxygen atoms in total. The lowest BCUT2D eigenvalue weighted by atomic mass is 9.88. The molecule has 0 bridgehead atoms. The van der Waals surface area contributed by atoms with Gasteiger partial charge in [-0.1, -0.05) is 36.4 Å². The van der Waals surface area contributed by atoms with E-state index in [0.717, 1.165) is 24.8 Å². The Morgan fingerprint density at radius 3 is 2.56 bits per heavy atom. The lowest BCUT2D eigenvalue weighted by Crippen LogP contribution is -2.43. The van der Waals surface area contributed by atoms with Crippen LogP contribution in [0.5, 0.6) is 0 Å². The molecule has 0 saturated heterocycles. The van der Waals surface area contributed by atoms with Crippen molar-refractivity contribution in [3.8, 4) is 0 Å². The quantitative estimate of drug-likeness (QED) is 0.723. The summed E-state index contributed by atoms with van der Waals surface area (Å²) in [5, 5.41) is 3.04. The summed E-state index contributed by atoms with van der Waals surface area (Å²) in [4.78, 5) is 37.4. The first-order valence-electron chi connectivity index (χ1n) is 9.12. The van der Waals surface area contributed by atoms with Gasteiger partial charge in [0.1, 0.15) is 6.54 Å². The smallest absolute Gasteiger partial charge is 0.317 e. The van der Waals surface area contributed by atoms with Crippen molar-refractivity contribution in [3.05, 3.63) is 80.4 Å².